The highest BCUT2D eigenvalue weighted by atomic mass is 35.5. The van der Waals surface area contributed by atoms with Crippen LogP contribution >= 0.6 is 12.4 Å². The molecular weight excluding hydrogens is 314 g/mol. The molecule has 0 bridgehead atoms. The monoisotopic (exact) mass is 333 g/mol. The number of rotatable bonds is 2. The zero-order valence-electron chi connectivity index (χ0n) is 13.3. The van der Waals surface area contributed by atoms with E-state index in [0.29, 0.717) is 17.5 Å². The summed E-state index contributed by atoms with van der Waals surface area (Å²) in [4.78, 5) is 4.52. The highest BCUT2D eigenvalue weighted by Crippen LogP contribution is 2.37. The standard InChI is InChI=1S/C17H19N3O2.ClH/c1-10-6-5-7-12-11(2)14(21-13(10)12)15-19-16(20-22-15)17(18)8-3-4-9-17;/h5-7H,3-4,8-9,18H2,1-2H3;1H. The van der Waals surface area contributed by atoms with E-state index in [1.165, 1.54) is 0 Å². The smallest absolute Gasteiger partial charge is 0.294 e. The number of hydrogen-bond acceptors (Lipinski definition) is 5. The number of furan rings is 1. The van der Waals surface area contributed by atoms with Gasteiger partial charge in [0.25, 0.3) is 5.89 Å². The molecule has 3 aromatic rings. The number of halogens is 1. The lowest BCUT2D eigenvalue weighted by Gasteiger charge is -2.17. The van der Waals surface area contributed by atoms with Gasteiger partial charge in [-0.05, 0) is 32.3 Å². The van der Waals surface area contributed by atoms with E-state index in [-0.39, 0.29) is 12.4 Å². The topological polar surface area (TPSA) is 78.1 Å². The Morgan fingerprint density at radius 2 is 1.91 bits per heavy atom. The third kappa shape index (κ3) is 2.44. The van der Waals surface area contributed by atoms with Crippen molar-refractivity contribution in [2.45, 2.75) is 45.1 Å². The van der Waals surface area contributed by atoms with E-state index < -0.39 is 5.54 Å². The molecule has 2 heterocycles. The van der Waals surface area contributed by atoms with E-state index in [1.807, 2.05) is 32.0 Å². The van der Waals surface area contributed by atoms with Gasteiger partial charge in [-0.2, -0.15) is 4.98 Å². The Bertz CT molecular complexity index is 847. The number of hydrogen-bond donors (Lipinski definition) is 1. The number of nitrogens with zero attached hydrogens (tertiary/aromatic N) is 2. The van der Waals surface area contributed by atoms with Crippen molar-refractivity contribution in [1.82, 2.24) is 10.1 Å². The molecule has 0 spiro atoms. The molecule has 23 heavy (non-hydrogen) atoms. The van der Waals surface area contributed by atoms with E-state index in [2.05, 4.69) is 10.1 Å². The van der Waals surface area contributed by atoms with Crippen LogP contribution in [-0.4, -0.2) is 10.1 Å². The average Bonchev–Trinajstić information content (AvgIpc) is 3.20. The molecule has 1 aromatic carbocycles. The van der Waals surface area contributed by atoms with E-state index in [1.54, 1.807) is 0 Å². The lowest BCUT2D eigenvalue weighted by molar-refractivity contribution is 0.369. The molecule has 6 heteroatoms. The van der Waals surface area contributed by atoms with Gasteiger partial charge in [-0.25, -0.2) is 0 Å². The highest BCUT2D eigenvalue weighted by molar-refractivity contribution is 5.88. The van der Waals surface area contributed by atoms with E-state index in [9.17, 15) is 0 Å². The van der Waals surface area contributed by atoms with Gasteiger partial charge in [0.1, 0.15) is 5.58 Å². The van der Waals surface area contributed by atoms with Gasteiger partial charge in [-0.3, -0.25) is 0 Å². The Kier molecular flexibility index (Phi) is 3.94. The average molecular weight is 334 g/mol. The molecule has 1 aliphatic rings. The maximum Gasteiger partial charge on any atom is 0.294 e. The van der Waals surface area contributed by atoms with Crippen molar-refractivity contribution in [3.63, 3.8) is 0 Å². The van der Waals surface area contributed by atoms with Gasteiger partial charge in [0.2, 0.25) is 0 Å². The second-order valence-electron chi connectivity index (χ2n) is 6.29. The minimum Gasteiger partial charge on any atom is -0.450 e. The van der Waals surface area contributed by atoms with Crippen LogP contribution in [0.5, 0.6) is 0 Å². The van der Waals surface area contributed by atoms with Crippen LogP contribution in [0.1, 0.15) is 42.6 Å². The molecule has 1 saturated carbocycles. The first-order chi connectivity index (χ1) is 10.6. The molecule has 2 N–H and O–H groups in total. The summed E-state index contributed by atoms with van der Waals surface area (Å²) in [5.74, 6) is 1.65. The van der Waals surface area contributed by atoms with Gasteiger partial charge >= 0.3 is 0 Å². The molecule has 2 aromatic heterocycles. The van der Waals surface area contributed by atoms with Crippen molar-refractivity contribution >= 4 is 23.4 Å². The van der Waals surface area contributed by atoms with Crippen LogP contribution in [0.25, 0.3) is 22.6 Å². The predicted molar refractivity (Wildman–Crippen MR) is 90.6 cm³/mol. The van der Waals surface area contributed by atoms with Gasteiger partial charge in [0.05, 0.1) is 5.54 Å². The maximum atomic E-state index is 6.39. The Morgan fingerprint density at radius 1 is 1.17 bits per heavy atom. The molecule has 1 fully saturated rings. The lowest BCUT2D eigenvalue weighted by Crippen LogP contribution is -2.34. The van der Waals surface area contributed by atoms with Crippen molar-refractivity contribution in [2.75, 3.05) is 0 Å². The van der Waals surface area contributed by atoms with Gasteiger partial charge in [0, 0.05) is 10.9 Å². The van der Waals surface area contributed by atoms with Gasteiger partial charge in [-0.15, -0.1) is 12.4 Å². The maximum absolute atomic E-state index is 6.39. The molecule has 0 amide bonds. The van der Waals surface area contributed by atoms with Crippen molar-refractivity contribution in [3.8, 4) is 11.7 Å². The van der Waals surface area contributed by atoms with Crippen LogP contribution < -0.4 is 5.73 Å². The molecule has 0 unspecified atom stereocenters. The number of nitrogens with two attached hydrogens (primary N) is 1. The summed E-state index contributed by atoms with van der Waals surface area (Å²) in [5.41, 5.74) is 8.93. The summed E-state index contributed by atoms with van der Waals surface area (Å²) >= 11 is 0. The first kappa shape index (κ1) is 16.0. The number of aromatic nitrogens is 2. The van der Waals surface area contributed by atoms with Crippen LogP contribution in [-0.2, 0) is 5.54 Å². The van der Waals surface area contributed by atoms with Crippen molar-refractivity contribution < 1.29 is 8.94 Å². The zero-order valence-corrected chi connectivity index (χ0v) is 14.1. The summed E-state index contributed by atoms with van der Waals surface area (Å²) < 4.78 is 11.4. The van der Waals surface area contributed by atoms with Crippen molar-refractivity contribution in [1.29, 1.82) is 0 Å². The largest absolute Gasteiger partial charge is 0.450 e. The summed E-state index contributed by atoms with van der Waals surface area (Å²) in [7, 11) is 0. The van der Waals surface area contributed by atoms with Gasteiger partial charge < -0.3 is 14.7 Å². The van der Waals surface area contributed by atoms with E-state index in [0.717, 1.165) is 47.8 Å². The third-order valence-electron chi connectivity index (χ3n) is 4.72. The van der Waals surface area contributed by atoms with Crippen molar-refractivity contribution in [2.24, 2.45) is 5.73 Å². The lowest BCUT2D eigenvalue weighted by atomic mass is 9.99. The first-order valence-corrected chi connectivity index (χ1v) is 7.71. The van der Waals surface area contributed by atoms with Crippen LogP contribution in [0.15, 0.2) is 27.1 Å². The Balaban J connectivity index is 0.00000156. The number of fused-ring (bicyclic) bond motifs is 1. The molecule has 4 rings (SSSR count). The zero-order chi connectivity index (χ0) is 15.3. The Morgan fingerprint density at radius 3 is 2.61 bits per heavy atom. The molecule has 122 valence electrons. The molecular formula is C17H20ClN3O2. The fourth-order valence-corrected chi connectivity index (χ4v) is 3.34. The first-order valence-electron chi connectivity index (χ1n) is 7.71. The summed E-state index contributed by atoms with van der Waals surface area (Å²) in [6.45, 7) is 4.04. The third-order valence-corrected chi connectivity index (χ3v) is 4.72. The second-order valence-corrected chi connectivity index (χ2v) is 6.29. The summed E-state index contributed by atoms with van der Waals surface area (Å²) in [6, 6.07) is 6.10. The van der Waals surface area contributed by atoms with Crippen LogP contribution in [0.2, 0.25) is 0 Å². The summed E-state index contributed by atoms with van der Waals surface area (Å²) in [5, 5.41) is 5.19. The quantitative estimate of drug-likeness (QED) is 0.758. The van der Waals surface area contributed by atoms with E-state index >= 15 is 0 Å². The van der Waals surface area contributed by atoms with Gasteiger partial charge in [-0.1, -0.05) is 36.2 Å². The number of benzene rings is 1. The second kappa shape index (κ2) is 5.65. The normalized spacial score (nSPS) is 16.7. The molecule has 0 saturated heterocycles. The molecule has 1 aliphatic carbocycles. The molecule has 5 nitrogen and oxygen atoms in total. The fourth-order valence-electron chi connectivity index (χ4n) is 3.34. The minimum absolute atomic E-state index is 0. The molecule has 0 radical (unpaired) electrons. The minimum atomic E-state index is -0.447. The Hall–Kier alpha value is -1.85. The predicted octanol–water partition coefficient (Wildman–Crippen LogP) is 4.25. The number of para-hydroxylation sites is 1. The summed E-state index contributed by atoms with van der Waals surface area (Å²) in [6.07, 6.45) is 4.04. The molecule has 0 atom stereocenters. The van der Waals surface area contributed by atoms with Crippen LogP contribution in [0.4, 0.5) is 0 Å². The Labute approximate surface area is 140 Å². The molecule has 0 aliphatic heterocycles. The van der Waals surface area contributed by atoms with Crippen LogP contribution in [0.3, 0.4) is 0 Å². The highest BCUT2D eigenvalue weighted by Gasteiger charge is 2.36. The van der Waals surface area contributed by atoms with Crippen LogP contribution in [0, 0.1) is 13.8 Å². The number of aryl methyl sites for hydroxylation is 2. The van der Waals surface area contributed by atoms with E-state index in [4.69, 9.17) is 14.7 Å². The van der Waals surface area contributed by atoms with Crippen molar-refractivity contribution in [3.05, 3.63) is 35.2 Å². The fraction of sp³-hybridized carbons (Fsp3) is 0.412. The van der Waals surface area contributed by atoms with Gasteiger partial charge in [0.15, 0.2) is 11.6 Å². The SMILES string of the molecule is Cc1c(-c2nc(C3(N)CCCC3)no2)oc2c(C)cccc12.Cl.